The number of hydrogen-bond acceptors (Lipinski definition) is 3. The lowest BCUT2D eigenvalue weighted by Crippen LogP contribution is -2.00. The van der Waals surface area contributed by atoms with Crippen LogP contribution in [0.3, 0.4) is 0 Å². The molecule has 1 N–H and O–H groups in total. The Morgan fingerprint density at radius 2 is 2.27 bits per heavy atom. The monoisotopic (exact) mass is 203 g/mol. The average Bonchev–Trinajstić information content (AvgIpc) is 2.65. The molecule has 2 aromatic rings. The van der Waals surface area contributed by atoms with Gasteiger partial charge in [0.05, 0.1) is 11.3 Å². The molecule has 0 spiro atoms. The lowest BCUT2D eigenvalue weighted by Gasteiger charge is -2.01. The topological polar surface area (TPSA) is 68.0 Å². The Balaban J connectivity index is 2.45. The molecule has 5 nitrogen and oxygen atoms in total. The van der Waals surface area contributed by atoms with Gasteiger partial charge in [-0.2, -0.15) is 0 Å². The third-order valence-electron chi connectivity index (χ3n) is 1.97. The number of pyridine rings is 1. The van der Waals surface area contributed by atoms with Crippen LogP contribution in [0.25, 0.3) is 5.82 Å². The van der Waals surface area contributed by atoms with Gasteiger partial charge in [0.25, 0.3) is 0 Å². The number of aryl methyl sites for hydroxylation is 1. The molecule has 2 rings (SSSR count). The number of carbonyl (C=O) groups is 1. The van der Waals surface area contributed by atoms with E-state index in [1.165, 1.54) is 18.3 Å². The summed E-state index contributed by atoms with van der Waals surface area (Å²) in [4.78, 5) is 18.8. The van der Waals surface area contributed by atoms with E-state index in [2.05, 4.69) is 9.97 Å². The lowest BCUT2D eigenvalue weighted by atomic mass is 10.2. The molecular formula is C10H9N3O2. The molecule has 0 aliphatic heterocycles. The van der Waals surface area contributed by atoms with Gasteiger partial charge in [0.15, 0.2) is 0 Å². The van der Waals surface area contributed by atoms with Crippen molar-refractivity contribution in [3.8, 4) is 5.82 Å². The van der Waals surface area contributed by atoms with Crippen molar-refractivity contribution in [2.45, 2.75) is 6.92 Å². The van der Waals surface area contributed by atoms with E-state index >= 15 is 0 Å². The van der Waals surface area contributed by atoms with Crippen molar-refractivity contribution in [2.24, 2.45) is 0 Å². The Labute approximate surface area is 86.0 Å². The number of aromatic nitrogens is 3. The van der Waals surface area contributed by atoms with Gasteiger partial charge in [0, 0.05) is 12.4 Å². The molecule has 0 aliphatic carbocycles. The maximum Gasteiger partial charge on any atom is 0.335 e. The largest absolute Gasteiger partial charge is 0.478 e. The molecule has 2 heterocycles. The first-order valence-electron chi connectivity index (χ1n) is 4.37. The van der Waals surface area contributed by atoms with Crippen LogP contribution in [0.15, 0.2) is 30.9 Å². The molecule has 2 aromatic heterocycles. The van der Waals surface area contributed by atoms with Crippen molar-refractivity contribution in [2.75, 3.05) is 0 Å². The van der Waals surface area contributed by atoms with E-state index in [0.717, 1.165) is 5.69 Å². The quantitative estimate of drug-likeness (QED) is 0.798. The van der Waals surface area contributed by atoms with Gasteiger partial charge in [-0.1, -0.05) is 0 Å². The van der Waals surface area contributed by atoms with E-state index in [1.54, 1.807) is 17.1 Å². The first-order valence-corrected chi connectivity index (χ1v) is 4.37. The zero-order valence-electron chi connectivity index (χ0n) is 8.08. The second-order valence-electron chi connectivity index (χ2n) is 3.13. The molecule has 0 saturated heterocycles. The zero-order chi connectivity index (χ0) is 10.8. The predicted octanol–water partition coefficient (Wildman–Crippen LogP) is 1.27. The minimum absolute atomic E-state index is 0.214. The molecular weight excluding hydrogens is 194 g/mol. The second kappa shape index (κ2) is 3.53. The van der Waals surface area contributed by atoms with Gasteiger partial charge in [-0.05, 0) is 19.1 Å². The van der Waals surface area contributed by atoms with E-state index in [-0.39, 0.29) is 5.56 Å². The molecule has 76 valence electrons. The predicted molar refractivity (Wildman–Crippen MR) is 53.1 cm³/mol. The van der Waals surface area contributed by atoms with Crippen LogP contribution < -0.4 is 0 Å². The number of rotatable bonds is 2. The summed E-state index contributed by atoms with van der Waals surface area (Å²) < 4.78 is 1.68. The molecule has 0 aromatic carbocycles. The molecule has 0 radical (unpaired) electrons. The van der Waals surface area contributed by atoms with Crippen molar-refractivity contribution in [1.29, 1.82) is 0 Å². The Hall–Kier alpha value is -2.17. The molecule has 0 amide bonds. The Bertz CT molecular complexity index is 505. The van der Waals surface area contributed by atoms with Gasteiger partial charge < -0.3 is 5.11 Å². The molecule has 15 heavy (non-hydrogen) atoms. The summed E-state index contributed by atoms with van der Waals surface area (Å²) in [6, 6.07) is 2.96. The summed E-state index contributed by atoms with van der Waals surface area (Å²) in [5, 5.41) is 8.81. The number of carboxylic acids is 1. The zero-order valence-corrected chi connectivity index (χ0v) is 8.08. The van der Waals surface area contributed by atoms with Gasteiger partial charge in [-0.15, -0.1) is 0 Å². The molecule has 0 saturated carbocycles. The van der Waals surface area contributed by atoms with Crippen molar-refractivity contribution < 1.29 is 9.90 Å². The number of nitrogens with zero attached hydrogens (tertiary/aromatic N) is 3. The Kier molecular flexibility index (Phi) is 2.21. The first kappa shape index (κ1) is 9.39. The number of aromatic carboxylic acids is 1. The van der Waals surface area contributed by atoms with Crippen molar-refractivity contribution in [3.63, 3.8) is 0 Å². The Morgan fingerprint density at radius 1 is 1.47 bits per heavy atom. The van der Waals surface area contributed by atoms with Crippen LogP contribution in [0.4, 0.5) is 0 Å². The smallest absolute Gasteiger partial charge is 0.335 e. The summed E-state index contributed by atoms with van der Waals surface area (Å²) in [5.74, 6) is -0.411. The molecule has 5 heteroatoms. The summed E-state index contributed by atoms with van der Waals surface area (Å²) in [6.07, 6.45) is 4.85. The summed E-state index contributed by atoms with van der Waals surface area (Å²) >= 11 is 0. The number of hydrogen-bond donors (Lipinski definition) is 1. The average molecular weight is 203 g/mol. The minimum atomic E-state index is -0.963. The normalized spacial score (nSPS) is 10.2. The highest BCUT2D eigenvalue weighted by atomic mass is 16.4. The van der Waals surface area contributed by atoms with Crippen molar-refractivity contribution in [1.82, 2.24) is 14.5 Å². The maximum absolute atomic E-state index is 10.7. The number of imidazole rings is 1. The van der Waals surface area contributed by atoms with Crippen LogP contribution in [-0.4, -0.2) is 25.6 Å². The minimum Gasteiger partial charge on any atom is -0.478 e. The van der Waals surface area contributed by atoms with Gasteiger partial charge in [0.2, 0.25) is 0 Å². The SMILES string of the molecule is Cc1cn(-c2cc(C(=O)O)ccn2)cn1. The molecule has 0 unspecified atom stereocenters. The van der Waals surface area contributed by atoms with E-state index in [0.29, 0.717) is 5.82 Å². The number of carboxylic acid groups (broad SMARTS) is 1. The third kappa shape index (κ3) is 1.85. The van der Waals surface area contributed by atoms with E-state index in [1.807, 2.05) is 6.92 Å². The maximum atomic E-state index is 10.7. The summed E-state index contributed by atoms with van der Waals surface area (Å²) in [5.41, 5.74) is 1.07. The standard InChI is InChI=1S/C10H9N3O2/c1-7-5-13(6-12-7)9-4-8(10(14)15)2-3-11-9/h2-6H,1H3,(H,14,15). The van der Waals surface area contributed by atoms with Crippen LogP contribution >= 0.6 is 0 Å². The highest BCUT2D eigenvalue weighted by Crippen LogP contribution is 2.07. The van der Waals surface area contributed by atoms with E-state index in [4.69, 9.17) is 5.11 Å². The van der Waals surface area contributed by atoms with Crippen LogP contribution in [0.1, 0.15) is 16.1 Å². The van der Waals surface area contributed by atoms with Gasteiger partial charge in [0.1, 0.15) is 12.1 Å². The second-order valence-corrected chi connectivity index (χ2v) is 3.13. The summed E-state index contributed by atoms with van der Waals surface area (Å²) in [7, 11) is 0. The lowest BCUT2D eigenvalue weighted by molar-refractivity contribution is 0.0696. The van der Waals surface area contributed by atoms with Crippen molar-refractivity contribution >= 4 is 5.97 Å². The van der Waals surface area contributed by atoms with Crippen LogP contribution in [0.5, 0.6) is 0 Å². The van der Waals surface area contributed by atoms with Crippen LogP contribution in [0.2, 0.25) is 0 Å². The summed E-state index contributed by atoms with van der Waals surface area (Å²) in [6.45, 7) is 1.86. The third-order valence-corrected chi connectivity index (χ3v) is 1.97. The first-order chi connectivity index (χ1) is 7.16. The fourth-order valence-electron chi connectivity index (χ4n) is 1.24. The van der Waals surface area contributed by atoms with Gasteiger partial charge >= 0.3 is 5.97 Å². The Morgan fingerprint density at radius 3 is 2.87 bits per heavy atom. The molecule has 0 fully saturated rings. The van der Waals surface area contributed by atoms with Crippen molar-refractivity contribution in [3.05, 3.63) is 42.1 Å². The van der Waals surface area contributed by atoms with Crippen LogP contribution in [0, 0.1) is 6.92 Å². The van der Waals surface area contributed by atoms with E-state index < -0.39 is 5.97 Å². The fourth-order valence-corrected chi connectivity index (χ4v) is 1.24. The van der Waals surface area contributed by atoms with Gasteiger partial charge in [-0.25, -0.2) is 14.8 Å². The highest BCUT2D eigenvalue weighted by molar-refractivity contribution is 5.87. The molecule has 0 atom stereocenters. The molecule has 0 bridgehead atoms. The van der Waals surface area contributed by atoms with E-state index in [9.17, 15) is 4.79 Å². The fraction of sp³-hybridized carbons (Fsp3) is 0.100. The highest BCUT2D eigenvalue weighted by Gasteiger charge is 2.05. The van der Waals surface area contributed by atoms with Gasteiger partial charge in [-0.3, -0.25) is 4.57 Å². The molecule has 0 aliphatic rings. The van der Waals surface area contributed by atoms with Crippen LogP contribution in [-0.2, 0) is 0 Å².